The van der Waals surface area contributed by atoms with Gasteiger partial charge < -0.3 is 10.0 Å². The first-order valence-electron chi connectivity index (χ1n) is 4.29. The van der Waals surface area contributed by atoms with E-state index in [9.17, 15) is 9.59 Å². The van der Waals surface area contributed by atoms with E-state index in [4.69, 9.17) is 5.11 Å². The Balaban J connectivity index is 2.12. The van der Waals surface area contributed by atoms with E-state index >= 15 is 0 Å². The average molecular weight is 191 g/mol. The zero-order chi connectivity index (χ0) is 10.1. The first-order valence-corrected chi connectivity index (χ1v) is 4.29. The molecule has 1 unspecified atom stereocenters. The van der Waals surface area contributed by atoms with Crippen LogP contribution in [-0.4, -0.2) is 23.5 Å². The monoisotopic (exact) mass is 191 g/mol. The predicted octanol–water partition coefficient (Wildman–Crippen LogP) is 0.734. The quantitative estimate of drug-likeness (QED) is 0.554. The molecule has 4 heteroatoms. The summed E-state index contributed by atoms with van der Waals surface area (Å²) in [6.45, 7) is 0.276. The van der Waals surface area contributed by atoms with Crippen molar-refractivity contribution >= 4 is 17.6 Å². The highest BCUT2D eigenvalue weighted by Crippen LogP contribution is 2.25. The summed E-state index contributed by atoms with van der Waals surface area (Å²) in [5, 5.41) is 8.62. The molecule has 1 saturated heterocycles. The molecule has 0 aliphatic carbocycles. The minimum atomic E-state index is -1.04. The fraction of sp³-hybridized carbons (Fsp3) is 0.200. The van der Waals surface area contributed by atoms with Gasteiger partial charge in [-0.3, -0.25) is 9.59 Å². The van der Waals surface area contributed by atoms with Crippen molar-refractivity contribution in [3.05, 3.63) is 30.3 Å². The molecule has 0 aromatic heterocycles. The van der Waals surface area contributed by atoms with E-state index in [-0.39, 0.29) is 12.5 Å². The summed E-state index contributed by atoms with van der Waals surface area (Å²) >= 11 is 0. The third kappa shape index (κ3) is 1.25. The van der Waals surface area contributed by atoms with Crippen LogP contribution < -0.4 is 4.90 Å². The summed E-state index contributed by atoms with van der Waals surface area (Å²) in [5.74, 6) is -2.22. The molecule has 1 aliphatic heterocycles. The van der Waals surface area contributed by atoms with Gasteiger partial charge in [-0.05, 0) is 12.1 Å². The van der Waals surface area contributed by atoms with Crippen LogP contribution in [0.2, 0.25) is 0 Å². The highest BCUT2D eigenvalue weighted by atomic mass is 16.4. The number of nitrogens with zero attached hydrogens (tertiary/aromatic N) is 1. The van der Waals surface area contributed by atoms with E-state index in [0.29, 0.717) is 0 Å². The summed E-state index contributed by atoms with van der Waals surface area (Å²) in [6, 6.07) is 9.06. The number of hydrogen-bond acceptors (Lipinski definition) is 2. The SMILES string of the molecule is O=C(O)C1CN(c2ccccc2)C1=O. The van der Waals surface area contributed by atoms with Crippen LogP contribution in [0.25, 0.3) is 0 Å². The Morgan fingerprint density at radius 2 is 2.00 bits per heavy atom. The molecule has 2 rings (SSSR count). The lowest BCUT2D eigenvalue weighted by atomic mass is 9.98. The molecule has 1 aromatic carbocycles. The van der Waals surface area contributed by atoms with Gasteiger partial charge in [0.2, 0.25) is 5.91 Å². The van der Waals surface area contributed by atoms with Crippen molar-refractivity contribution in [3.63, 3.8) is 0 Å². The summed E-state index contributed by atoms with van der Waals surface area (Å²) in [4.78, 5) is 23.3. The van der Waals surface area contributed by atoms with Crippen LogP contribution in [0.5, 0.6) is 0 Å². The number of anilines is 1. The molecule has 72 valence electrons. The molecule has 0 radical (unpaired) electrons. The van der Waals surface area contributed by atoms with Gasteiger partial charge >= 0.3 is 5.97 Å². The van der Waals surface area contributed by atoms with Crippen LogP contribution in [0.4, 0.5) is 5.69 Å². The molecule has 0 spiro atoms. The lowest BCUT2D eigenvalue weighted by Crippen LogP contribution is -2.56. The normalized spacial score (nSPS) is 20.4. The van der Waals surface area contributed by atoms with Crippen LogP contribution in [-0.2, 0) is 9.59 Å². The third-order valence-electron chi connectivity index (χ3n) is 2.30. The smallest absolute Gasteiger partial charge is 0.317 e. The number of β-lactam (4-membered cyclic amide) rings is 1. The van der Waals surface area contributed by atoms with Crippen LogP contribution >= 0.6 is 0 Å². The standard InChI is InChI=1S/C10H9NO3/c12-9-8(10(13)14)6-11(9)7-4-2-1-3-5-7/h1-5,8H,6H2,(H,13,14). The lowest BCUT2D eigenvalue weighted by Gasteiger charge is -2.35. The number of benzene rings is 1. The van der Waals surface area contributed by atoms with Crippen molar-refractivity contribution in [1.29, 1.82) is 0 Å². The van der Waals surface area contributed by atoms with E-state index in [1.807, 2.05) is 18.2 Å². The van der Waals surface area contributed by atoms with E-state index in [2.05, 4.69) is 0 Å². The van der Waals surface area contributed by atoms with Gasteiger partial charge in [0.05, 0.1) is 0 Å². The Morgan fingerprint density at radius 3 is 2.50 bits per heavy atom. The van der Waals surface area contributed by atoms with Crippen LogP contribution in [0.1, 0.15) is 0 Å². The fourth-order valence-electron chi connectivity index (χ4n) is 1.45. The summed E-state index contributed by atoms with van der Waals surface area (Å²) in [6.07, 6.45) is 0. The molecule has 0 saturated carbocycles. The fourth-order valence-corrected chi connectivity index (χ4v) is 1.45. The first-order chi connectivity index (χ1) is 6.70. The third-order valence-corrected chi connectivity index (χ3v) is 2.30. The van der Waals surface area contributed by atoms with Gasteiger partial charge in [-0.1, -0.05) is 18.2 Å². The van der Waals surface area contributed by atoms with Gasteiger partial charge in [0.1, 0.15) is 0 Å². The Bertz CT molecular complexity index is 374. The number of hydrogen-bond donors (Lipinski definition) is 1. The van der Waals surface area contributed by atoms with Crippen molar-refractivity contribution in [3.8, 4) is 0 Å². The molecular formula is C10H9NO3. The largest absolute Gasteiger partial charge is 0.481 e. The molecule has 1 N–H and O–H groups in total. The maximum Gasteiger partial charge on any atom is 0.317 e. The summed E-state index contributed by atoms with van der Waals surface area (Å²) in [5.41, 5.74) is 0.759. The Hall–Kier alpha value is -1.84. The van der Waals surface area contributed by atoms with Gasteiger partial charge in [0, 0.05) is 12.2 Å². The summed E-state index contributed by atoms with van der Waals surface area (Å²) < 4.78 is 0. The highest BCUT2D eigenvalue weighted by Gasteiger charge is 2.42. The van der Waals surface area contributed by atoms with Gasteiger partial charge in [-0.2, -0.15) is 0 Å². The van der Waals surface area contributed by atoms with Gasteiger partial charge in [-0.25, -0.2) is 0 Å². The Labute approximate surface area is 80.8 Å². The number of amides is 1. The van der Waals surface area contributed by atoms with Crippen molar-refractivity contribution in [2.75, 3.05) is 11.4 Å². The molecule has 1 fully saturated rings. The van der Waals surface area contributed by atoms with Gasteiger partial charge in [-0.15, -0.1) is 0 Å². The maximum atomic E-state index is 11.3. The van der Waals surface area contributed by atoms with Crippen LogP contribution in [0.15, 0.2) is 30.3 Å². The molecule has 0 bridgehead atoms. The Kier molecular flexibility index (Phi) is 1.96. The molecular weight excluding hydrogens is 182 g/mol. The van der Waals surface area contributed by atoms with E-state index in [0.717, 1.165) is 5.69 Å². The second-order valence-corrected chi connectivity index (χ2v) is 3.18. The van der Waals surface area contributed by atoms with Crippen molar-refractivity contribution in [1.82, 2.24) is 0 Å². The van der Waals surface area contributed by atoms with E-state index < -0.39 is 11.9 Å². The number of rotatable bonds is 2. The molecule has 14 heavy (non-hydrogen) atoms. The minimum absolute atomic E-state index is 0.276. The average Bonchev–Trinajstić information content (AvgIpc) is 2.17. The number of aliphatic carboxylic acids is 1. The van der Waals surface area contributed by atoms with Gasteiger partial charge in [0.15, 0.2) is 5.92 Å². The minimum Gasteiger partial charge on any atom is -0.481 e. The van der Waals surface area contributed by atoms with Crippen molar-refractivity contribution < 1.29 is 14.7 Å². The first kappa shape index (κ1) is 8.74. The maximum absolute atomic E-state index is 11.3. The topological polar surface area (TPSA) is 57.6 Å². The predicted molar refractivity (Wildman–Crippen MR) is 49.9 cm³/mol. The Morgan fingerprint density at radius 1 is 1.36 bits per heavy atom. The second kappa shape index (κ2) is 3.14. The van der Waals surface area contributed by atoms with E-state index in [1.165, 1.54) is 4.90 Å². The number of carboxylic acids is 1. The second-order valence-electron chi connectivity index (χ2n) is 3.18. The molecule has 1 aliphatic rings. The van der Waals surface area contributed by atoms with Crippen LogP contribution in [0, 0.1) is 5.92 Å². The molecule has 1 amide bonds. The van der Waals surface area contributed by atoms with Crippen molar-refractivity contribution in [2.24, 2.45) is 5.92 Å². The highest BCUT2D eigenvalue weighted by molar-refractivity contribution is 6.12. The number of carbonyl (C=O) groups excluding carboxylic acids is 1. The molecule has 1 atom stereocenters. The number of para-hydroxylation sites is 1. The molecule has 1 heterocycles. The number of carboxylic acid groups (broad SMARTS) is 1. The van der Waals surface area contributed by atoms with Gasteiger partial charge in [0.25, 0.3) is 0 Å². The zero-order valence-corrected chi connectivity index (χ0v) is 7.38. The summed E-state index contributed by atoms with van der Waals surface area (Å²) in [7, 11) is 0. The van der Waals surface area contributed by atoms with E-state index in [1.54, 1.807) is 12.1 Å². The lowest BCUT2D eigenvalue weighted by molar-refractivity contribution is -0.149. The number of carbonyl (C=O) groups is 2. The molecule has 4 nitrogen and oxygen atoms in total. The van der Waals surface area contributed by atoms with Crippen molar-refractivity contribution in [2.45, 2.75) is 0 Å². The molecule has 1 aromatic rings. The van der Waals surface area contributed by atoms with Crippen LogP contribution in [0.3, 0.4) is 0 Å². The zero-order valence-electron chi connectivity index (χ0n) is 7.38.